The Balaban J connectivity index is 0.000000337. The summed E-state index contributed by atoms with van der Waals surface area (Å²) in [6, 6.07) is 10.8. The molecule has 1 aromatic rings. The monoisotopic (exact) mass is 206 g/mol. The molecular weight excluding hydrogens is 188 g/mol. The summed E-state index contributed by atoms with van der Waals surface area (Å²) in [5, 5.41) is 6.89. The molecule has 0 spiro atoms. The van der Waals surface area contributed by atoms with Crippen molar-refractivity contribution in [2.24, 2.45) is 5.92 Å². The van der Waals surface area contributed by atoms with Crippen molar-refractivity contribution in [3.05, 3.63) is 35.9 Å². The fourth-order valence-corrected chi connectivity index (χ4v) is 1.80. The van der Waals surface area contributed by atoms with Crippen LogP contribution in [0.4, 0.5) is 0 Å². The molecule has 15 heavy (non-hydrogen) atoms. The molecule has 0 radical (unpaired) electrons. The zero-order valence-corrected chi connectivity index (χ0v) is 8.93. The molecule has 2 heteroatoms. The first-order valence-corrected chi connectivity index (χ1v) is 5.48. The van der Waals surface area contributed by atoms with Crippen molar-refractivity contribution in [3.63, 3.8) is 0 Å². The highest BCUT2D eigenvalue weighted by molar-refractivity contribution is 5.32. The first-order chi connectivity index (χ1) is 7.36. The molecule has 2 nitrogen and oxygen atoms in total. The van der Waals surface area contributed by atoms with Crippen LogP contribution in [0.5, 0.6) is 0 Å². The van der Waals surface area contributed by atoms with Crippen molar-refractivity contribution >= 4 is 6.47 Å². The van der Waals surface area contributed by atoms with E-state index in [-0.39, 0.29) is 6.47 Å². The lowest BCUT2D eigenvalue weighted by Crippen LogP contribution is -2.11. The number of hydrogen-bond acceptors (Lipinski definition) is 1. The molecule has 1 N–H and O–H groups in total. The van der Waals surface area contributed by atoms with Gasteiger partial charge < -0.3 is 5.11 Å². The first-order valence-electron chi connectivity index (χ1n) is 5.48. The van der Waals surface area contributed by atoms with Gasteiger partial charge in [-0.2, -0.15) is 0 Å². The average molecular weight is 206 g/mol. The Labute approximate surface area is 90.9 Å². The van der Waals surface area contributed by atoms with Crippen LogP contribution in [0.1, 0.15) is 31.2 Å². The molecule has 0 atom stereocenters. The summed E-state index contributed by atoms with van der Waals surface area (Å²) < 4.78 is 0. The van der Waals surface area contributed by atoms with E-state index in [0.717, 1.165) is 5.92 Å². The van der Waals surface area contributed by atoms with Gasteiger partial charge in [-0.15, -0.1) is 0 Å². The number of hydrogen-bond donors (Lipinski definition) is 1. The molecule has 1 fully saturated rings. The Kier molecular flexibility index (Phi) is 5.52. The molecule has 0 heterocycles. The van der Waals surface area contributed by atoms with Crippen LogP contribution in [-0.4, -0.2) is 11.6 Å². The van der Waals surface area contributed by atoms with Gasteiger partial charge in [0.15, 0.2) is 0 Å². The van der Waals surface area contributed by atoms with E-state index in [1.165, 1.54) is 37.7 Å². The predicted molar refractivity (Wildman–Crippen MR) is 60.8 cm³/mol. The summed E-state index contributed by atoms with van der Waals surface area (Å²) in [5.74, 6) is 1.05. The Bertz CT molecular complexity index is 265. The third-order valence-corrected chi connectivity index (χ3v) is 2.91. The molecule has 0 unspecified atom stereocenters. The molecule has 0 bridgehead atoms. The normalized spacial score (nSPS) is 14.7. The van der Waals surface area contributed by atoms with Crippen molar-refractivity contribution in [1.29, 1.82) is 0 Å². The predicted octanol–water partition coefficient (Wildman–Crippen LogP) is 3.12. The smallest absolute Gasteiger partial charge is 0.290 e. The van der Waals surface area contributed by atoms with Crippen LogP contribution in [0.2, 0.25) is 0 Å². The van der Waals surface area contributed by atoms with Crippen molar-refractivity contribution in [2.75, 3.05) is 0 Å². The maximum absolute atomic E-state index is 8.36. The quantitative estimate of drug-likeness (QED) is 0.771. The SMILES string of the molecule is O=CO.c1ccc(CCC2CCC2)cc1. The summed E-state index contributed by atoms with van der Waals surface area (Å²) in [4.78, 5) is 8.36. The first kappa shape index (κ1) is 11.8. The van der Waals surface area contributed by atoms with Gasteiger partial charge in [0.2, 0.25) is 0 Å². The molecule has 1 aromatic carbocycles. The molecule has 1 aliphatic rings. The fourth-order valence-electron chi connectivity index (χ4n) is 1.80. The summed E-state index contributed by atoms with van der Waals surface area (Å²) in [6.07, 6.45) is 7.12. The molecule has 1 saturated carbocycles. The van der Waals surface area contributed by atoms with Crippen LogP contribution in [0, 0.1) is 5.92 Å². The van der Waals surface area contributed by atoms with Crippen LogP contribution in [0.3, 0.4) is 0 Å². The maximum Gasteiger partial charge on any atom is 0.290 e. The molecule has 0 aliphatic heterocycles. The number of aryl methyl sites for hydroxylation is 1. The second-order valence-electron chi connectivity index (χ2n) is 3.93. The van der Waals surface area contributed by atoms with Crippen molar-refractivity contribution < 1.29 is 9.90 Å². The van der Waals surface area contributed by atoms with Gasteiger partial charge in [0.05, 0.1) is 0 Å². The molecule has 0 saturated heterocycles. The van der Waals surface area contributed by atoms with Crippen LogP contribution in [-0.2, 0) is 11.2 Å². The van der Waals surface area contributed by atoms with Crippen LogP contribution in [0.15, 0.2) is 30.3 Å². The van der Waals surface area contributed by atoms with E-state index >= 15 is 0 Å². The van der Waals surface area contributed by atoms with Crippen molar-refractivity contribution in [3.8, 4) is 0 Å². The van der Waals surface area contributed by atoms with Crippen molar-refractivity contribution in [2.45, 2.75) is 32.1 Å². The molecule has 1 aliphatic carbocycles. The largest absolute Gasteiger partial charge is 0.483 e. The lowest BCUT2D eigenvalue weighted by Gasteiger charge is -2.25. The highest BCUT2D eigenvalue weighted by atomic mass is 16.3. The van der Waals surface area contributed by atoms with Gasteiger partial charge >= 0.3 is 0 Å². The van der Waals surface area contributed by atoms with Crippen LogP contribution in [0.25, 0.3) is 0 Å². The second-order valence-corrected chi connectivity index (χ2v) is 3.93. The molecule has 2 rings (SSSR count). The van der Waals surface area contributed by atoms with Crippen LogP contribution >= 0.6 is 0 Å². The summed E-state index contributed by atoms with van der Waals surface area (Å²) >= 11 is 0. The minimum Gasteiger partial charge on any atom is -0.483 e. The minimum absolute atomic E-state index is 0.250. The minimum atomic E-state index is -0.250. The van der Waals surface area contributed by atoms with Gasteiger partial charge in [0, 0.05) is 0 Å². The highest BCUT2D eigenvalue weighted by Gasteiger charge is 2.16. The van der Waals surface area contributed by atoms with Gasteiger partial charge in [0.1, 0.15) is 0 Å². The Hall–Kier alpha value is -1.31. The summed E-state index contributed by atoms with van der Waals surface area (Å²) in [7, 11) is 0. The lowest BCUT2D eigenvalue weighted by molar-refractivity contribution is -0.122. The van der Waals surface area contributed by atoms with E-state index in [0.29, 0.717) is 0 Å². The van der Waals surface area contributed by atoms with E-state index in [9.17, 15) is 0 Å². The number of benzene rings is 1. The Morgan fingerprint density at radius 3 is 2.33 bits per heavy atom. The third-order valence-electron chi connectivity index (χ3n) is 2.91. The van der Waals surface area contributed by atoms with E-state index in [4.69, 9.17) is 9.90 Å². The maximum atomic E-state index is 8.36. The number of carbonyl (C=O) groups is 1. The molecule has 0 amide bonds. The zero-order valence-electron chi connectivity index (χ0n) is 8.93. The average Bonchev–Trinajstić information content (AvgIpc) is 2.18. The zero-order chi connectivity index (χ0) is 10.9. The molecule has 82 valence electrons. The van der Waals surface area contributed by atoms with Gasteiger partial charge in [-0.05, 0) is 24.3 Å². The highest BCUT2D eigenvalue weighted by Crippen LogP contribution is 2.30. The molecule has 0 aromatic heterocycles. The van der Waals surface area contributed by atoms with Gasteiger partial charge in [-0.3, -0.25) is 4.79 Å². The van der Waals surface area contributed by atoms with Gasteiger partial charge in [0.25, 0.3) is 6.47 Å². The standard InChI is InChI=1S/C12H16.CH2O2/c1-2-5-11(6-3-1)9-10-12-7-4-8-12;2-1-3/h1-3,5-6,12H,4,7-10H2;1H,(H,2,3). The van der Waals surface area contributed by atoms with E-state index in [2.05, 4.69) is 30.3 Å². The number of rotatable bonds is 3. The fraction of sp³-hybridized carbons (Fsp3) is 0.462. The second kappa shape index (κ2) is 7.04. The molecular formula is C13H18O2. The topological polar surface area (TPSA) is 37.3 Å². The van der Waals surface area contributed by atoms with E-state index in [1.54, 1.807) is 0 Å². The number of carboxylic acid groups (broad SMARTS) is 1. The summed E-state index contributed by atoms with van der Waals surface area (Å²) in [6.45, 7) is -0.250. The lowest BCUT2D eigenvalue weighted by atomic mass is 9.81. The Morgan fingerprint density at radius 1 is 1.27 bits per heavy atom. The van der Waals surface area contributed by atoms with E-state index in [1.807, 2.05) is 0 Å². The van der Waals surface area contributed by atoms with Crippen molar-refractivity contribution in [1.82, 2.24) is 0 Å². The third kappa shape index (κ3) is 4.63. The van der Waals surface area contributed by atoms with Crippen LogP contribution < -0.4 is 0 Å². The van der Waals surface area contributed by atoms with E-state index < -0.39 is 0 Å². The Morgan fingerprint density at radius 2 is 1.87 bits per heavy atom. The van der Waals surface area contributed by atoms with Gasteiger partial charge in [-0.25, -0.2) is 0 Å². The van der Waals surface area contributed by atoms with Gasteiger partial charge in [-0.1, -0.05) is 49.6 Å². The summed E-state index contributed by atoms with van der Waals surface area (Å²) in [5.41, 5.74) is 1.50.